The van der Waals surface area contributed by atoms with Gasteiger partial charge < -0.3 is 25.0 Å². The van der Waals surface area contributed by atoms with E-state index >= 15 is 0 Å². The van der Waals surface area contributed by atoms with Gasteiger partial charge in [-0.25, -0.2) is 9.38 Å². The largest absolute Gasteiger partial charge is 0.467 e. The van der Waals surface area contributed by atoms with Crippen molar-refractivity contribution in [1.29, 1.82) is 0 Å². The number of likely N-dealkylation sites (tertiary alicyclic amines) is 1. The molecular formula is C20H28FIN4O3. The number of carbonyl (C=O) groups excluding carboxylic acids is 1. The Morgan fingerprint density at radius 1 is 1.45 bits per heavy atom. The van der Waals surface area contributed by atoms with E-state index in [1.807, 2.05) is 6.92 Å². The van der Waals surface area contributed by atoms with E-state index in [-0.39, 0.29) is 47.9 Å². The van der Waals surface area contributed by atoms with Crippen molar-refractivity contribution in [2.45, 2.75) is 39.3 Å². The molecule has 3 aliphatic heterocycles. The smallest absolute Gasteiger partial charge is 0.220 e. The number of halogens is 2. The molecule has 2 fully saturated rings. The molecule has 1 unspecified atom stereocenters. The molecule has 9 heteroatoms. The van der Waals surface area contributed by atoms with Gasteiger partial charge in [-0.3, -0.25) is 4.79 Å². The number of carbonyl (C=O) groups is 1. The number of fused-ring (bicyclic) bond motifs is 1. The molecule has 0 saturated carbocycles. The molecule has 4 rings (SSSR count). The first-order valence-electron chi connectivity index (χ1n) is 9.90. The second-order valence-corrected chi connectivity index (χ2v) is 7.81. The Labute approximate surface area is 187 Å². The highest BCUT2D eigenvalue weighted by molar-refractivity contribution is 14.0. The summed E-state index contributed by atoms with van der Waals surface area (Å²) in [7, 11) is 0. The number of nitrogens with zero attached hydrogens (tertiary/aromatic N) is 2. The fourth-order valence-corrected chi connectivity index (χ4v) is 4.39. The molecule has 0 aliphatic carbocycles. The van der Waals surface area contributed by atoms with Gasteiger partial charge in [0.05, 0.1) is 13.2 Å². The predicted molar refractivity (Wildman–Crippen MR) is 118 cm³/mol. The van der Waals surface area contributed by atoms with Crippen LogP contribution in [0.1, 0.15) is 37.3 Å². The number of ether oxygens (including phenoxy) is 2. The van der Waals surface area contributed by atoms with Crippen LogP contribution < -0.4 is 15.4 Å². The van der Waals surface area contributed by atoms with Crippen LogP contribution in [0.25, 0.3) is 0 Å². The summed E-state index contributed by atoms with van der Waals surface area (Å²) in [5, 5.41) is 6.32. The third kappa shape index (κ3) is 4.93. The van der Waals surface area contributed by atoms with Crippen LogP contribution in [0, 0.1) is 11.2 Å². The van der Waals surface area contributed by atoms with Crippen molar-refractivity contribution >= 4 is 35.8 Å². The lowest BCUT2D eigenvalue weighted by molar-refractivity contribution is -0.119. The number of amides is 1. The van der Waals surface area contributed by atoms with Gasteiger partial charge in [-0.15, -0.1) is 24.0 Å². The van der Waals surface area contributed by atoms with Gasteiger partial charge in [0.25, 0.3) is 0 Å². The third-order valence-electron chi connectivity index (χ3n) is 5.64. The van der Waals surface area contributed by atoms with Crippen LogP contribution in [0.4, 0.5) is 4.39 Å². The Morgan fingerprint density at radius 2 is 2.31 bits per heavy atom. The summed E-state index contributed by atoms with van der Waals surface area (Å²) in [5.74, 6) is 1.30. The van der Waals surface area contributed by atoms with E-state index in [4.69, 9.17) is 14.5 Å². The van der Waals surface area contributed by atoms with Crippen molar-refractivity contribution in [1.82, 2.24) is 15.5 Å². The lowest BCUT2D eigenvalue weighted by Crippen LogP contribution is -2.51. The molecule has 1 aromatic rings. The SMILES string of the molecule is CCNC(=NCc1cc(F)cc2c1OCOC2)N1CCCC2(CNC(=O)C2)C1.I. The molecule has 0 bridgehead atoms. The van der Waals surface area contributed by atoms with E-state index in [0.29, 0.717) is 30.9 Å². The van der Waals surface area contributed by atoms with Crippen LogP contribution in [0.3, 0.4) is 0 Å². The van der Waals surface area contributed by atoms with E-state index in [9.17, 15) is 9.18 Å². The average molecular weight is 518 g/mol. The van der Waals surface area contributed by atoms with Crippen molar-refractivity contribution in [2.75, 3.05) is 33.0 Å². The molecule has 29 heavy (non-hydrogen) atoms. The minimum absolute atomic E-state index is 0. The zero-order chi connectivity index (χ0) is 19.6. The summed E-state index contributed by atoms with van der Waals surface area (Å²) in [6.07, 6.45) is 2.65. The van der Waals surface area contributed by atoms with Gasteiger partial charge >= 0.3 is 0 Å². The standard InChI is InChI=1S/C20H27FN4O3.HI/c1-2-22-19(25-5-3-4-20(12-25)8-17(26)24-11-20)23-9-14-6-16(21)7-15-10-27-13-28-18(14)15;/h6-7H,2-5,8-13H2,1H3,(H,22,23)(H,24,26);1H. The predicted octanol–water partition coefficient (Wildman–Crippen LogP) is 2.38. The maximum Gasteiger partial charge on any atom is 0.220 e. The van der Waals surface area contributed by atoms with Crippen molar-refractivity contribution in [3.8, 4) is 5.75 Å². The number of hydrogen-bond acceptors (Lipinski definition) is 4. The summed E-state index contributed by atoms with van der Waals surface area (Å²) in [6.45, 7) is 6.03. The molecule has 0 radical (unpaired) electrons. The van der Waals surface area contributed by atoms with E-state index in [2.05, 4.69) is 15.5 Å². The highest BCUT2D eigenvalue weighted by Gasteiger charge is 2.42. The maximum atomic E-state index is 14.0. The Balaban J connectivity index is 0.00000240. The van der Waals surface area contributed by atoms with Crippen molar-refractivity contribution in [3.63, 3.8) is 0 Å². The lowest BCUT2D eigenvalue weighted by Gasteiger charge is -2.40. The molecule has 1 spiro atoms. The number of benzene rings is 1. The number of nitrogens with one attached hydrogen (secondary N) is 2. The first-order valence-corrected chi connectivity index (χ1v) is 9.90. The van der Waals surface area contributed by atoms with E-state index < -0.39 is 0 Å². The number of piperidine rings is 1. The van der Waals surface area contributed by atoms with Crippen molar-refractivity contribution < 1.29 is 18.7 Å². The lowest BCUT2D eigenvalue weighted by atomic mass is 9.79. The molecule has 2 N–H and O–H groups in total. The molecule has 3 heterocycles. The molecule has 7 nitrogen and oxygen atoms in total. The number of hydrogen-bond donors (Lipinski definition) is 2. The van der Waals surface area contributed by atoms with Crippen molar-refractivity contribution in [3.05, 3.63) is 29.1 Å². The van der Waals surface area contributed by atoms with Gasteiger partial charge in [0.1, 0.15) is 11.6 Å². The summed E-state index contributed by atoms with van der Waals surface area (Å²) in [4.78, 5) is 18.8. The van der Waals surface area contributed by atoms with Crippen LogP contribution in [0.5, 0.6) is 5.75 Å². The third-order valence-corrected chi connectivity index (χ3v) is 5.64. The molecule has 2 saturated heterocycles. The van der Waals surface area contributed by atoms with Crippen molar-refractivity contribution in [2.24, 2.45) is 10.4 Å². The summed E-state index contributed by atoms with van der Waals surface area (Å²) < 4.78 is 24.8. The Morgan fingerprint density at radius 3 is 3.07 bits per heavy atom. The molecule has 3 aliphatic rings. The van der Waals surface area contributed by atoms with Crippen LogP contribution in [0.2, 0.25) is 0 Å². The van der Waals surface area contributed by atoms with E-state index in [0.717, 1.165) is 50.5 Å². The minimum Gasteiger partial charge on any atom is -0.467 e. The highest BCUT2D eigenvalue weighted by Crippen LogP contribution is 2.36. The van der Waals surface area contributed by atoms with Gasteiger partial charge in [0, 0.05) is 49.1 Å². The number of guanidine groups is 1. The Bertz CT molecular complexity index is 791. The van der Waals surface area contributed by atoms with E-state index in [1.165, 1.54) is 12.1 Å². The van der Waals surface area contributed by atoms with Gasteiger partial charge in [-0.1, -0.05) is 0 Å². The minimum atomic E-state index is -0.310. The van der Waals surface area contributed by atoms with Crippen LogP contribution in [-0.2, 0) is 22.7 Å². The Hall–Kier alpha value is -1.62. The highest BCUT2D eigenvalue weighted by atomic mass is 127. The van der Waals surface area contributed by atoms with Crippen LogP contribution >= 0.6 is 24.0 Å². The van der Waals surface area contributed by atoms with Crippen LogP contribution in [-0.4, -0.2) is 49.7 Å². The summed E-state index contributed by atoms with van der Waals surface area (Å²) >= 11 is 0. The Kier molecular flexibility index (Phi) is 7.20. The fourth-order valence-electron chi connectivity index (χ4n) is 4.39. The number of rotatable bonds is 3. The first kappa shape index (κ1) is 22.1. The average Bonchev–Trinajstić information content (AvgIpc) is 3.04. The molecule has 0 aromatic heterocycles. The first-order chi connectivity index (χ1) is 13.6. The molecule has 1 aromatic carbocycles. The number of aliphatic imine (C=N–C) groups is 1. The quantitative estimate of drug-likeness (QED) is 0.365. The normalized spacial score (nSPS) is 23.9. The second-order valence-electron chi connectivity index (χ2n) is 7.81. The molecule has 1 atom stereocenters. The van der Waals surface area contributed by atoms with Gasteiger partial charge in [-0.2, -0.15) is 0 Å². The zero-order valence-electron chi connectivity index (χ0n) is 16.6. The molecule has 1 amide bonds. The summed E-state index contributed by atoms with van der Waals surface area (Å²) in [6, 6.07) is 2.93. The maximum absolute atomic E-state index is 14.0. The zero-order valence-corrected chi connectivity index (χ0v) is 19.0. The van der Waals surface area contributed by atoms with Gasteiger partial charge in [0.2, 0.25) is 5.91 Å². The van der Waals surface area contributed by atoms with Gasteiger partial charge in [-0.05, 0) is 31.9 Å². The summed E-state index contributed by atoms with van der Waals surface area (Å²) in [5.41, 5.74) is 1.43. The van der Waals surface area contributed by atoms with E-state index in [1.54, 1.807) is 0 Å². The molecule has 160 valence electrons. The monoisotopic (exact) mass is 518 g/mol. The fraction of sp³-hybridized carbons (Fsp3) is 0.600. The molecular weight excluding hydrogens is 490 g/mol. The van der Waals surface area contributed by atoms with Crippen LogP contribution in [0.15, 0.2) is 17.1 Å². The second kappa shape index (κ2) is 9.46. The topological polar surface area (TPSA) is 75.2 Å². The van der Waals surface area contributed by atoms with Gasteiger partial charge in [0.15, 0.2) is 12.8 Å².